The van der Waals surface area contributed by atoms with Gasteiger partial charge in [0.2, 0.25) is 0 Å². The van der Waals surface area contributed by atoms with Crippen LogP contribution in [0.15, 0.2) is 83.8 Å². The van der Waals surface area contributed by atoms with Crippen molar-refractivity contribution in [2.75, 3.05) is 0 Å². The Morgan fingerprint density at radius 2 is 1.55 bits per heavy atom. The maximum Gasteiger partial charge on any atom is 0.295 e. The largest absolute Gasteiger partial charge is 0.457 e. The Labute approximate surface area is 188 Å². The summed E-state index contributed by atoms with van der Waals surface area (Å²) in [6.45, 7) is 0. The Balaban J connectivity index is 1.68. The van der Waals surface area contributed by atoms with Crippen LogP contribution in [0.1, 0.15) is 15.9 Å². The zero-order valence-corrected chi connectivity index (χ0v) is 18.1. The molecule has 0 unspecified atom stereocenters. The van der Waals surface area contributed by atoms with E-state index in [4.69, 9.17) is 27.9 Å². The lowest BCUT2D eigenvalue weighted by atomic mass is 10.0. The standard InChI is InChI=1S/C23H14Cl2O5S/c24-16-9-12-19(25)18(13-16)23(26)15-7-10-17(11-8-15)30-20-5-1-3-14-4-2-6-21(22(14)20)31(27,28)29/h1-13H,(H,27,28,29). The summed E-state index contributed by atoms with van der Waals surface area (Å²) in [4.78, 5) is 12.5. The fraction of sp³-hybridized carbons (Fsp3) is 0. The smallest absolute Gasteiger partial charge is 0.295 e. The van der Waals surface area contributed by atoms with Crippen molar-refractivity contribution < 1.29 is 22.5 Å². The van der Waals surface area contributed by atoms with Gasteiger partial charge in [-0.15, -0.1) is 0 Å². The third-order valence-corrected chi connectivity index (χ3v) is 6.08. The molecule has 0 saturated heterocycles. The quantitative estimate of drug-likeness (QED) is 0.267. The number of rotatable bonds is 5. The minimum Gasteiger partial charge on any atom is -0.457 e. The van der Waals surface area contributed by atoms with Crippen molar-refractivity contribution in [3.63, 3.8) is 0 Å². The van der Waals surface area contributed by atoms with Crippen LogP contribution >= 0.6 is 23.2 Å². The summed E-state index contributed by atoms with van der Waals surface area (Å²) in [6, 6.07) is 20.6. The van der Waals surface area contributed by atoms with E-state index in [9.17, 15) is 17.8 Å². The molecule has 1 N–H and O–H groups in total. The first-order chi connectivity index (χ1) is 14.7. The third kappa shape index (κ3) is 4.43. The molecule has 0 bridgehead atoms. The lowest BCUT2D eigenvalue weighted by Crippen LogP contribution is -2.02. The molecular formula is C23H14Cl2O5S. The number of halogens is 2. The predicted octanol–water partition coefficient (Wildman–Crippen LogP) is 6.42. The predicted molar refractivity (Wildman–Crippen MR) is 120 cm³/mol. The summed E-state index contributed by atoms with van der Waals surface area (Å²) in [6.07, 6.45) is 0. The molecule has 4 aromatic carbocycles. The van der Waals surface area contributed by atoms with Crippen LogP contribution in [0.3, 0.4) is 0 Å². The molecular weight excluding hydrogens is 459 g/mol. The summed E-state index contributed by atoms with van der Waals surface area (Å²) in [5.74, 6) is 0.340. The number of ketones is 1. The average Bonchev–Trinajstić information content (AvgIpc) is 2.74. The van der Waals surface area contributed by atoms with Crippen molar-refractivity contribution in [2.45, 2.75) is 4.90 Å². The molecule has 0 aliphatic carbocycles. The first kappa shape index (κ1) is 21.3. The van der Waals surface area contributed by atoms with Crippen molar-refractivity contribution in [2.24, 2.45) is 0 Å². The van der Waals surface area contributed by atoms with Crippen molar-refractivity contribution in [1.29, 1.82) is 0 Å². The van der Waals surface area contributed by atoms with Gasteiger partial charge in [0.15, 0.2) is 5.78 Å². The van der Waals surface area contributed by atoms with Gasteiger partial charge in [0.05, 0.1) is 5.02 Å². The molecule has 31 heavy (non-hydrogen) atoms. The third-order valence-electron chi connectivity index (χ3n) is 4.62. The Kier molecular flexibility index (Phi) is 5.73. The van der Waals surface area contributed by atoms with E-state index in [1.165, 1.54) is 18.2 Å². The maximum absolute atomic E-state index is 12.7. The fourth-order valence-electron chi connectivity index (χ4n) is 3.20. The molecule has 5 nitrogen and oxygen atoms in total. The van der Waals surface area contributed by atoms with Crippen molar-refractivity contribution in [3.05, 3.63) is 100 Å². The second kappa shape index (κ2) is 8.32. The van der Waals surface area contributed by atoms with Gasteiger partial charge in [-0.3, -0.25) is 9.35 Å². The molecule has 4 rings (SSSR count). The van der Waals surface area contributed by atoms with Crippen molar-refractivity contribution in [1.82, 2.24) is 0 Å². The van der Waals surface area contributed by atoms with Gasteiger partial charge >= 0.3 is 0 Å². The van der Waals surface area contributed by atoms with Gasteiger partial charge in [0.1, 0.15) is 16.4 Å². The molecule has 0 atom stereocenters. The van der Waals surface area contributed by atoms with Crippen LogP contribution in [0.5, 0.6) is 11.5 Å². The van der Waals surface area contributed by atoms with E-state index >= 15 is 0 Å². The Bertz CT molecular complexity index is 1410. The van der Waals surface area contributed by atoms with E-state index in [0.29, 0.717) is 26.7 Å². The first-order valence-electron chi connectivity index (χ1n) is 9.01. The summed E-state index contributed by atoms with van der Waals surface area (Å²) >= 11 is 12.1. The van der Waals surface area contributed by atoms with Crippen molar-refractivity contribution >= 4 is 49.9 Å². The van der Waals surface area contributed by atoms with Gasteiger partial charge in [0.25, 0.3) is 10.1 Å². The lowest BCUT2D eigenvalue weighted by molar-refractivity contribution is 0.103. The van der Waals surface area contributed by atoms with Crippen molar-refractivity contribution in [3.8, 4) is 11.5 Å². The molecule has 0 radical (unpaired) electrons. The topological polar surface area (TPSA) is 80.7 Å². The summed E-state index contributed by atoms with van der Waals surface area (Å²) < 4.78 is 39.1. The van der Waals surface area contributed by atoms with Gasteiger partial charge in [-0.25, -0.2) is 0 Å². The molecule has 4 aromatic rings. The summed E-state index contributed by atoms with van der Waals surface area (Å²) in [5.41, 5.74) is 0.669. The van der Waals surface area contributed by atoms with Gasteiger partial charge in [0, 0.05) is 21.5 Å². The number of hydrogen-bond acceptors (Lipinski definition) is 4. The molecule has 0 heterocycles. The molecule has 156 valence electrons. The zero-order valence-electron chi connectivity index (χ0n) is 15.7. The maximum atomic E-state index is 12.7. The molecule has 0 spiro atoms. The van der Waals surface area contributed by atoms with Crippen LogP contribution < -0.4 is 4.74 Å². The second-order valence-corrected chi connectivity index (χ2v) is 8.90. The van der Waals surface area contributed by atoms with E-state index in [1.54, 1.807) is 60.7 Å². The molecule has 0 aromatic heterocycles. The van der Waals surface area contributed by atoms with Crippen LogP contribution in [0.25, 0.3) is 10.8 Å². The number of ether oxygens (including phenoxy) is 1. The minimum atomic E-state index is -4.45. The van der Waals surface area contributed by atoms with Crippen LogP contribution in [0.2, 0.25) is 10.0 Å². The summed E-state index contributed by atoms with van der Waals surface area (Å²) in [5, 5.41) is 1.55. The SMILES string of the molecule is O=C(c1ccc(Oc2cccc3cccc(S(=O)(=O)O)c23)cc1)c1cc(Cl)ccc1Cl. The number of carbonyl (C=O) groups excluding carboxylic acids is 1. The molecule has 0 amide bonds. The molecule has 0 aliphatic heterocycles. The zero-order chi connectivity index (χ0) is 22.2. The Morgan fingerprint density at radius 1 is 0.871 bits per heavy atom. The highest BCUT2D eigenvalue weighted by Gasteiger charge is 2.18. The van der Waals surface area contributed by atoms with E-state index < -0.39 is 10.1 Å². The number of benzene rings is 4. The summed E-state index contributed by atoms with van der Waals surface area (Å²) in [7, 11) is -4.45. The highest BCUT2D eigenvalue weighted by atomic mass is 35.5. The number of carbonyl (C=O) groups is 1. The number of fused-ring (bicyclic) bond motifs is 1. The highest BCUT2D eigenvalue weighted by molar-refractivity contribution is 7.86. The molecule has 8 heteroatoms. The van der Waals surface area contributed by atoms with E-state index in [1.807, 2.05) is 0 Å². The normalized spacial score (nSPS) is 11.5. The molecule has 0 saturated carbocycles. The van der Waals surface area contributed by atoms with E-state index in [2.05, 4.69) is 0 Å². The van der Waals surface area contributed by atoms with Crippen LogP contribution in [-0.4, -0.2) is 18.8 Å². The lowest BCUT2D eigenvalue weighted by Gasteiger charge is -2.12. The first-order valence-corrected chi connectivity index (χ1v) is 11.2. The highest BCUT2D eigenvalue weighted by Crippen LogP contribution is 2.35. The molecule has 0 fully saturated rings. The Hall–Kier alpha value is -2.90. The van der Waals surface area contributed by atoms with Gasteiger partial charge in [-0.2, -0.15) is 8.42 Å². The second-order valence-electron chi connectivity index (χ2n) is 6.67. The van der Waals surface area contributed by atoms with E-state index in [0.717, 1.165) is 0 Å². The van der Waals surface area contributed by atoms with Gasteiger partial charge in [-0.05, 0) is 60.0 Å². The number of hydrogen-bond donors (Lipinski definition) is 1. The van der Waals surface area contributed by atoms with Crippen LogP contribution in [-0.2, 0) is 10.1 Å². The van der Waals surface area contributed by atoms with Gasteiger partial charge < -0.3 is 4.74 Å². The van der Waals surface area contributed by atoms with E-state index in [-0.39, 0.29) is 27.4 Å². The van der Waals surface area contributed by atoms with Crippen LogP contribution in [0.4, 0.5) is 0 Å². The van der Waals surface area contributed by atoms with Crippen LogP contribution in [0, 0.1) is 0 Å². The Morgan fingerprint density at radius 3 is 2.23 bits per heavy atom. The minimum absolute atomic E-state index is 0.247. The van der Waals surface area contributed by atoms with Gasteiger partial charge in [-0.1, -0.05) is 47.5 Å². The monoisotopic (exact) mass is 472 g/mol. The fourth-order valence-corrected chi connectivity index (χ4v) is 4.30. The molecule has 0 aliphatic rings. The average molecular weight is 473 g/mol.